The van der Waals surface area contributed by atoms with Crippen LogP contribution in [0.4, 0.5) is 5.69 Å². The van der Waals surface area contributed by atoms with Gasteiger partial charge in [0.15, 0.2) is 4.34 Å². The van der Waals surface area contributed by atoms with Crippen LogP contribution in [-0.2, 0) is 16.0 Å². The number of thioether (sulfide) groups is 1. The number of rotatable bonds is 9. The average molecular weight is 577 g/mol. The van der Waals surface area contributed by atoms with Gasteiger partial charge < -0.3 is 10.2 Å². The number of amides is 2. The fourth-order valence-corrected chi connectivity index (χ4v) is 6.45. The minimum absolute atomic E-state index is 0.0907. The summed E-state index contributed by atoms with van der Waals surface area (Å²) in [6.07, 6.45) is 0.273. The van der Waals surface area contributed by atoms with Crippen LogP contribution in [0.15, 0.2) is 94.6 Å². The second kappa shape index (κ2) is 13.3. The largest absolute Gasteiger partial charge is 0.340 e. The number of carbonyl (C=O) groups excluding carboxylic acids is 2. The molecular formula is C30H29ClN4O2S2. The van der Waals surface area contributed by atoms with Crippen molar-refractivity contribution in [2.75, 3.05) is 37.2 Å². The van der Waals surface area contributed by atoms with E-state index in [1.54, 1.807) is 24.3 Å². The van der Waals surface area contributed by atoms with Crippen LogP contribution in [0.1, 0.15) is 22.9 Å². The molecule has 39 heavy (non-hydrogen) atoms. The molecule has 1 saturated heterocycles. The van der Waals surface area contributed by atoms with Gasteiger partial charge in [0.05, 0.1) is 23.9 Å². The highest BCUT2D eigenvalue weighted by Gasteiger charge is 2.28. The van der Waals surface area contributed by atoms with Gasteiger partial charge in [-0.1, -0.05) is 84.0 Å². The Balaban J connectivity index is 1.12. The second-order valence-corrected chi connectivity index (χ2v) is 11.8. The normalized spacial score (nSPS) is 13.9. The summed E-state index contributed by atoms with van der Waals surface area (Å²) in [6, 6.07) is 28.3. The Hall–Kier alpha value is -3.17. The summed E-state index contributed by atoms with van der Waals surface area (Å²) >= 11 is 8.72. The van der Waals surface area contributed by atoms with Crippen LogP contribution < -0.4 is 5.32 Å². The molecule has 1 aliphatic rings. The van der Waals surface area contributed by atoms with E-state index in [1.807, 2.05) is 22.4 Å². The van der Waals surface area contributed by atoms with Crippen LogP contribution >= 0.6 is 34.7 Å². The zero-order chi connectivity index (χ0) is 27.0. The van der Waals surface area contributed by atoms with Crippen LogP contribution in [0, 0.1) is 0 Å². The summed E-state index contributed by atoms with van der Waals surface area (Å²) in [5.41, 5.74) is 3.98. The number of carbonyl (C=O) groups is 2. The fourth-order valence-electron chi connectivity index (χ4n) is 4.67. The van der Waals surface area contributed by atoms with E-state index in [-0.39, 0.29) is 30.0 Å². The van der Waals surface area contributed by atoms with Crippen LogP contribution in [0.5, 0.6) is 0 Å². The van der Waals surface area contributed by atoms with Crippen molar-refractivity contribution in [1.29, 1.82) is 0 Å². The zero-order valence-electron chi connectivity index (χ0n) is 21.3. The Morgan fingerprint density at radius 2 is 1.51 bits per heavy atom. The molecule has 2 amide bonds. The van der Waals surface area contributed by atoms with Gasteiger partial charge in [-0.25, -0.2) is 4.98 Å². The van der Waals surface area contributed by atoms with Gasteiger partial charge in [0, 0.05) is 42.3 Å². The van der Waals surface area contributed by atoms with Gasteiger partial charge in [-0.2, -0.15) is 0 Å². The first kappa shape index (κ1) is 27.4. The molecule has 5 rings (SSSR count). The van der Waals surface area contributed by atoms with Crippen molar-refractivity contribution in [2.24, 2.45) is 0 Å². The standard InChI is InChI=1S/C30H29ClN4O2S2/c31-24-11-13-25(14-12-24)32-27(36)21-39-30-33-26(20-38-30)19-28(37)34-15-17-35(18-16-34)29(22-7-3-1-4-8-22)23-9-5-2-6-10-23/h1-14,20,29H,15-19,21H2,(H,32,36). The molecule has 0 atom stereocenters. The third kappa shape index (κ3) is 7.48. The summed E-state index contributed by atoms with van der Waals surface area (Å²) < 4.78 is 0.780. The molecule has 0 unspecified atom stereocenters. The van der Waals surface area contributed by atoms with Crippen LogP contribution in [0.25, 0.3) is 0 Å². The summed E-state index contributed by atoms with van der Waals surface area (Å²) in [4.78, 5) is 34.3. The molecular weight excluding hydrogens is 548 g/mol. The summed E-state index contributed by atoms with van der Waals surface area (Å²) in [5, 5.41) is 5.38. The smallest absolute Gasteiger partial charge is 0.234 e. The molecule has 200 valence electrons. The van der Waals surface area contributed by atoms with E-state index in [4.69, 9.17) is 11.6 Å². The molecule has 4 aromatic rings. The number of thiazole rings is 1. The van der Waals surface area contributed by atoms with Crippen LogP contribution in [0.3, 0.4) is 0 Å². The first-order valence-electron chi connectivity index (χ1n) is 12.8. The Bertz CT molecular complexity index is 1340. The zero-order valence-corrected chi connectivity index (χ0v) is 23.7. The summed E-state index contributed by atoms with van der Waals surface area (Å²) in [6.45, 7) is 2.99. The first-order valence-corrected chi connectivity index (χ1v) is 15.0. The number of aromatic nitrogens is 1. The maximum Gasteiger partial charge on any atom is 0.234 e. The fraction of sp³-hybridized carbons (Fsp3) is 0.233. The van der Waals surface area contributed by atoms with E-state index in [0.717, 1.165) is 23.1 Å². The number of hydrogen-bond donors (Lipinski definition) is 1. The Labute approximate surface area is 242 Å². The van der Waals surface area contributed by atoms with Crippen molar-refractivity contribution in [2.45, 2.75) is 16.8 Å². The van der Waals surface area contributed by atoms with Crippen molar-refractivity contribution in [3.8, 4) is 0 Å². The number of halogens is 1. The van der Waals surface area contributed by atoms with Gasteiger partial charge in [-0.3, -0.25) is 14.5 Å². The quantitative estimate of drug-likeness (QED) is 0.247. The maximum atomic E-state index is 13.1. The van der Waals surface area contributed by atoms with E-state index in [9.17, 15) is 9.59 Å². The van der Waals surface area contributed by atoms with Gasteiger partial charge in [-0.15, -0.1) is 11.3 Å². The Morgan fingerprint density at radius 1 is 0.897 bits per heavy atom. The molecule has 1 N–H and O–H groups in total. The SMILES string of the molecule is O=C(CSc1nc(CC(=O)N2CCN(C(c3ccccc3)c3ccccc3)CC2)cs1)Nc1ccc(Cl)cc1. The second-order valence-electron chi connectivity index (χ2n) is 9.27. The molecule has 0 bridgehead atoms. The number of nitrogens with one attached hydrogen (secondary N) is 1. The molecule has 1 aliphatic heterocycles. The molecule has 0 spiro atoms. The number of benzene rings is 3. The number of anilines is 1. The highest BCUT2D eigenvalue weighted by Crippen LogP contribution is 2.30. The molecule has 3 aromatic carbocycles. The minimum atomic E-state index is -0.114. The van der Waals surface area contributed by atoms with E-state index in [1.165, 1.54) is 34.2 Å². The molecule has 1 fully saturated rings. The van der Waals surface area contributed by atoms with Gasteiger partial charge in [0.2, 0.25) is 11.8 Å². The van der Waals surface area contributed by atoms with Crippen molar-refractivity contribution in [3.05, 3.63) is 112 Å². The van der Waals surface area contributed by atoms with E-state index < -0.39 is 0 Å². The van der Waals surface area contributed by atoms with E-state index in [2.05, 4.69) is 63.7 Å². The van der Waals surface area contributed by atoms with Crippen molar-refractivity contribution < 1.29 is 9.59 Å². The third-order valence-electron chi connectivity index (χ3n) is 6.58. The summed E-state index contributed by atoms with van der Waals surface area (Å²) in [5.74, 6) is 0.223. The molecule has 0 saturated carbocycles. The van der Waals surface area contributed by atoms with E-state index >= 15 is 0 Å². The molecule has 2 heterocycles. The Morgan fingerprint density at radius 3 is 2.13 bits per heavy atom. The monoisotopic (exact) mass is 576 g/mol. The lowest BCUT2D eigenvalue weighted by molar-refractivity contribution is -0.132. The Kier molecular flexibility index (Phi) is 9.32. The highest BCUT2D eigenvalue weighted by atomic mass is 35.5. The lowest BCUT2D eigenvalue weighted by Crippen LogP contribution is -2.50. The average Bonchev–Trinajstić information content (AvgIpc) is 3.42. The van der Waals surface area contributed by atoms with Gasteiger partial charge >= 0.3 is 0 Å². The number of piperazine rings is 1. The predicted molar refractivity (Wildman–Crippen MR) is 160 cm³/mol. The molecule has 0 radical (unpaired) electrons. The topological polar surface area (TPSA) is 65.5 Å². The van der Waals surface area contributed by atoms with Crippen LogP contribution in [-0.4, -0.2) is 58.5 Å². The molecule has 0 aliphatic carbocycles. The molecule has 9 heteroatoms. The van der Waals surface area contributed by atoms with Crippen molar-refractivity contribution in [1.82, 2.24) is 14.8 Å². The maximum absolute atomic E-state index is 13.1. The van der Waals surface area contributed by atoms with Gasteiger partial charge in [0.25, 0.3) is 0 Å². The highest BCUT2D eigenvalue weighted by molar-refractivity contribution is 8.01. The third-order valence-corrected chi connectivity index (χ3v) is 8.90. The minimum Gasteiger partial charge on any atom is -0.340 e. The predicted octanol–water partition coefficient (Wildman–Crippen LogP) is 6.00. The summed E-state index contributed by atoms with van der Waals surface area (Å²) in [7, 11) is 0. The molecule has 6 nitrogen and oxygen atoms in total. The van der Waals surface area contributed by atoms with Crippen molar-refractivity contribution >= 4 is 52.2 Å². The lowest BCUT2D eigenvalue weighted by atomic mass is 9.96. The van der Waals surface area contributed by atoms with E-state index in [0.29, 0.717) is 23.8 Å². The van der Waals surface area contributed by atoms with Crippen LogP contribution in [0.2, 0.25) is 5.02 Å². The number of nitrogens with zero attached hydrogens (tertiary/aromatic N) is 3. The van der Waals surface area contributed by atoms with Gasteiger partial charge in [0.1, 0.15) is 0 Å². The van der Waals surface area contributed by atoms with Crippen molar-refractivity contribution in [3.63, 3.8) is 0 Å². The first-order chi connectivity index (χ1) is 19.0. The number of hydrogen-bond acceptors (Lipinski definition) is 6. The van der Waals surface area contributed by atoms with Gasteiger partial charge in [-0.05, 0) is 35.4 Å². The lowest BCUT2D eigenvalue weighted by Gasteiger charge is -2.39. The molecule has 1 aromatic heterocycles.